The summed E-state index contributed by atoms with van der Waals surface area (Å²) >= 11 is 0. The third kappa shape index (κ3) is 3.80. The van der Waals surface area contributed by atoms with E-state index in [2.05, 4.69) is 5.32 Å². The third-order valence-electron chi connectivity index (χ3n) is 3.80. The molecule has 1 aromatic carbocycles. The predicted octanol–water partition coefficient (Wildman–Crippen LogP) is 1.74. The van der Waals surface area contributed by atoms with Crippen LogP contribution in [0.3, 0.4) is 0 Å². The molecule has 1 aromatic rings. The molecule has 2 rings (SSSR count). The Morgan fingerprint density at radius 2 is 2.14 bits per heavy atom. The highest BCUT2D eigenvalue weighted by atomic mass is 19.1. The zero-order chi connectivity index (χ0) is 15.4. The Morgan fingerprint density at radius 1 is 1.43 bits per heavy atom. The van der Waals surface area contributed by atoms with Gasteiger partial charge in [-0.1, -0.05) is 18.2 Å². The molecule has 1 heterocycles. The molecule has 0 aromatic heterocycles. The van der Waals surface area contributed by atoms with Crippen molar-refractivity contribution in [2.75, 3.05) is 13.1 Å². The van der Waals surface area contributed by atoms with Crippen LogP contribution in [0.4, 0.5) is 4.39 Å². The SMILES string of the molecule is CC(C)N1C[C@H](C(=O)NCCc2ccccc2F)CC1=O. The monoisotopic (exact) mass is 292 g/mol. The molecule has 21 heavy (non-hydrogen) atoms. The standard InChI is InChI=1S/C16H21FN2O2/c1-11(2)19-10-13(9-15(19)20)16(21)18-8-7-12-5-3-4-6-14(12)17/h3-6,11,13H,7-10H2,1-2H3,(H,18,21)/t13-/m1/s1. The Balaban J connectivity index is 1.81. The fourth-order valence-electron chi connectivity index (χ4n) is 2.57. The van der Waals surface area contributed by atoms with Gasteiger partial charge in [0.2, 0.25) is 11.8 Å². The summed E-state index contributed by atoms with van der Waals surface area (Å²) in [6.45, 7) is 4.74. The lowest BCUT2D eigenvalue weighted by molar-refractivity contribution is -0.129. The lowest BCUT2D eigenvalue weighted by Crippen LogP contribution is -2.36. The van der Waals surface area contributed by atoms with Gasteiger partial charge in [0, 0.05) is 25.6 Å². The second kappa shape index (κ2) is 6.70. The van der Waals surface area contributed by atoms with Gasteiger partial charge in [0.05, 0.1) is 5.92 Å². The number of carbonyl (C=O) groups is 2. The molecule has 0 radical (unpaired) electrons. The van der Waals surface area contributed by atoms with Gasteiger partial charge in [0.15, 0.2) is 0 Å². The van der Waals surface area contributed by atoms with Gasteiger partial charge in [-0.05, 0) is 31.9 Å². The molecule has 1 saturated heterocycles. The maximum atomic E-state index is 13.4. The molecular weight excluding hydrogens is 271 g/mol. The summed E-state index contributed by atoms with van der Waals surface area (Å²) in [6.07, 6.45) is 0.719. The molecular formula is C16H21FN2O2. The molecule has 0 spiro atoms. The highest BCUT2D eigenvalue weighted by Crippen LogP contribution is 2.20. The summed E-state index contributed by atoms with van der Waals surface area (Å²) in [5.74, 6) is -0.642. The molecule has 0 unspecified atom stereocenters. The first-order valence-electron chi connectivity index (χ1n) is 7.29. The van der Waals surface area contributed by atoms with Crippen LogP contribution in [-0.2, 0) is 16.0 Å². The van der Waals surface area contributed by atoms with Gasteiger partial charge in [0.1, 0.15) is 5.82 Å². The second-order valence-corrected chi connectivity index (χ2v) is 5.67. The summed E-state index contributed by atoms with van der Waals surface area (Å²) < 4.78 is 13.4. The van der Waals surface area contributed by atoms with Crippen LogP contribution in [0, 0.1) is 11.7 Å². The maximum absolute atomic E-state index is 13.4. The van der Waals surface area contributed by atoms with Crippen LogP contribution in [-0.4, -0.2) is 35.8 Å². The van der Waals surface area contributed by atoms with Crippen LogP contribution in [0.1, 0.15) is 25.8 Å². The molecule has 4 nitrogen and oxygen atoms in total. The van der Waals surface area contributed by atoms with Crippen molar-refractivity contribution >= 4 is 11.8 Å². The van der Waals surface area contributed by atoms with Crippen molar-refractivity contribution in [3.8, 4) is 0 Å². The van der Waals surface area contributed by atoms with Crippen molar-refractivity contribution in [1.82, 2.24) is 10.2 Å². The first-order chi connectivity index (χ1) is 9.99. The van der Waals surface area contributed by atoms with E-state index in [1.54, 1.807) is 23.1 Å². The van der Waals surface area contributed by atoms with Crippen molar-refractivity contribution in [3.05, 3.63) is 35.6 Å². The molecule has 1 aliphatic heterocycles. The van der Waals surface area contributed by atoms with Crippen molar-refractivity contribution in [2.24, 2.45) is 5.92 Å². The summed E-state index contributed by atoms with van der Waals surface area (Å²) in [4.78, 5) is 25.5. The van der Waals surface area contributed by atoms with E-state index in [0.717, 1.165) is 0 Å². The third-order valence-corrected chi connectivity index (χ3v) is 3.80. The van der Waals surface area contributed by atoms with E-state index in [-0.39, 0.29) is 36.0 Å². The van der Waals surface area contributed by atoms with E-state index in [4.69, 9.17) is 0 Å². The van der Waals surface area contributed by atoms with E-state index in [9.17, 15) is 14.0 Å². The maximum Gasteiger partial charge on any atom is 0.225 e. The van der Waals surface area contributed by atoms with Crippen molar-refractivity contribution in [1.29, 1.82) is 0 Å². The minimum Gasteiger partial charge on any atom is -0.355 e. The molecule has 114 valence electrons. The van der Waals surface area contributed by atoms with Crippen LogP contribution in [0.2, 0.25) is 0 Å². The highest BCUT2D eigenvalue weighted by molar-refractivity contribution is 5.89. The number of amides is 2. The largest absolute Gasteiger partial charge is 0.355 e. The van der Waals surface area contributed by atoms with Crippen LogP contribution in [0.15, 0.2) is 24.3 Å². The average molecular weight is 292 g/mol. The number of carbonyl (C=O) groups excluding carboxylic acids is 2. The topological polar surface area (TPSA) is 49.4 Å². The lowest BCUT2D eigenvalue weighted by atomic mass is 10.1. The highest BCUT2D eigenvalue weighted by Gasteiger charge is 2.35. The van der Waals surface area contributed by atoms with Crippen molar-refractivity contribution < 1.29 is 14.0 Å². The van der Waals surface area contributed by atoms with E-state index >= 15 is 0 Å². The molecule has 0 aliphatic carbocycles. The molecule has 2 amide bonds. The fraction of sp³-hybridized carbons (Fsp3) is 0.500. The van der Waals surface area contributed by atoms with Crippen LogP contribution in [0.25, 0.3) is 0 Å². The minimum absolute atomic E-state index is 0.0271. The summed E-state index contributed by atoms with van der Waals surface area (Å²) in [7, 11) is 0. The predicted molar refractivity (Wildman–Crippen MR) is 78.1 cm³/mol. The summed E-state index contributed by atoms with van der Waals surface area (Å²) in [5.41, 5.74) is 0.587. The number of rotatable bonds is 5. The molecule has 1 N–H and O–H groups in total. The van der Waals surface area contributed by atoms with Crippen LogP contribution >= 0.6 is 0 Å². The number of hydrogen-bond donors (Lipinski definition) is 1. The van der Waals surface area contributed by atoms with Crippen LogP contribution in [0.5, 0.6) is 0 Å². The molecule has 1 fully saturated rings. The first-order valence-corrected chi connectivity index (χ1v) is 7.29. The molecule has 1 aliphatic rings. The normalized spacial score (nSPS) is 18.4. The summed E-state index contributed by atoms with van der Waals surface area (Å²) in [5, 5.41) is 2.80. The van der Waals surface area contributed by atoms with Crippen molar-refractivity contribution in [3.63, 3.8) is 0 Å². The van der Waals surface area contributed by atoms with Gasteiger partial charge in [-0.2, -0.15) is 0 Å². The smallest absolute Gasteiger partial charge is 0.225 e. The van der Waals surface area contributed by atoms with E-state index in [0.29, 0.717) is 25.1 Å². The fourth-order valence-corrected chi connectivity index (χ4v) is 2.57. The Morgan fingerprint density at radius 3 is 2.76 bits per heavy atom. The quantitative estimate of drug-likeness (QED) is 0.898. The summed E-state index contributed by atoms with van der Waals surface area (Å²) in [6, 6.07) is 6.65. The number of nitrogens with one attached hydrogen (secondary N) is 1. The van der Waals surface area contributed by atoms with Gasteiger partial charge < -0.3 is 10.2 Å². The molecule has 0 saturated carbocycles. The van der Waals surface area contributed by atoms with Crippen molar-refractivity contribution in [2.45, 2.75) is 32.7 Å². The molecule has 5 heteroatoms. The van der Waals surface area contributed by atoms with Gasteiger partial charge in [-0.15, -0.1) is 0 Å². The number of benzene rings is 1. The number of likely N-dealkylation sites (tertiary alicyclic amines) is 1. The van der Waals surface area contributed by atoms with Gasteiger partial charge in [0.25, 0.3) is 0 Å². The Labute approximate surface area is 124 Å². The van der Waals surface area contributed by atoms with Gasteiger partial charge in [-0.3, -0.25) is 9.59 Å². The number of halogens is 1. The Hall–Kier alpha value is -1.91. The van der Waals surface area contributed by atoms with E-state index in [1.165, 1.54) is 6.07 Å². The second-order valence-electron chi connectivity index (χ2n) is 5.67. The zero-order valence-electron chi connectivity index (χ0n) is 12.4. The number of hydrogen-bond acceptors (Lipinski definition) is 2. The Kier molecular flexibility index (Phi) is 4.94. The zero-order valence-corrected chi connectivity index (χ0v) is 12.4. The number of nitrogens with zero attached hydrogens (tertiary/aromatic N) is 1. The first kappa shape index (κ1) is 15.5. The Bertz CT molecular complexity index is 531. The lowest BCUT2D eigenvalue weighted by Gasteiger charge is -2.20. The average Bonchev–Trinajstić information content (AvgIpc) is 2.83. The van der Waals surface area contributed by atoms with E-state index in [1.807, 2.05) is 13.8 Å². The van der Waals surface area contributed by atoms with E-state index < -0.39 is 0 Å². The molecule has 1 atom stereocenters. The van der Waals surface area contributed by atoms with Crippen LogP contribution < -0.4 is 5.32 Å². The molecule has 0 bridgehead atoms. The van der Waals surface area contributed by atoms with Gasteiger partial charge >= 0.3 is 0 Å². The minimum atomic E-state index is -0.291. The van der Waals surface area contributed by atoms with Gasteiger partial charge in [-0.25, -0.2) is 4.39 Å².